The van der Waals surface area contributed by atoms with Gasteiger partial charge in [-0.2, -0.15) is 0 Å². The summed E-state index contributed by atoms with van der Waals surface area (Å²) in [7, 11) is 0. The Kier molecular flexibility index (Phi) is 5.44. The molecule has 0 saturated heterocycles. The Bertz CT molecular complexity index is 164. The minimum absolute atomic E-state index is 0.844. The first kappa shape index (κ1) is 10.2. The molecule has 0 aromatic rings. The van der Waals surface area contributed by atoms with Gasteiger partial charge in [0.25, 0.3) is 0 Å². The average Bonchev–Trinajstić information content (AvgIpc) is 1.97. The van der Waals surface area contributed by atoms with Crippen molar-refractivity contribution in [3.63, 3.8) is 0 Å². The van der Waals surface area contributed by atoms with E-state index in [1.54, 1.807) is 6.08 Å². The van der Waals surface area contributed by atoms with E-state index >= 15 is 0 Å². The third-order valence-electron chi connectivity index (χ3n) is 1.23. The molecule has 0 aromatic heterocycles. The topological polar surface area (TPSA) is 0 Å². The monoisotopic (exact) mass is 154 g/mol. The molecular weight excluding hydrogens is 139 g/mol. The van der Waals surface area contributed by atoms with Crippen LogP contribution in [-0.4, -0.2) is 6.17 Å². The molecule has 0 amide bonds. The van der Waals surface area contributed by atoms with Crippen LogP contribution in [0.5, 0.6) is 0 Å². The van der Waals surface area contributed by atoms with Crippen molar-refractivity contribution in [1.82, 2.24) is 0 Å². The van der Waals surface area contributed by atoms with Gasteiger partial charge >= 0.3 is 0 Å². The maximum absolute atomic E-state index is 12.2. The molecule has 0 aromatic carbocycles. The van der Waals surface area contributed by atoms with Gasteiger partial charge < -0.3 is 0 Å². The Morgan fingerprint density at radius 1 is 1.64 bits per heavy atom. The molecule has 1 atom stereocenters. The molecule has 0 N–H and O–H groups in total. The van der Waals surface area contributed by atoms with E-state index in [-0.39, 0.29) is 0 Å². The molecule has 1 heteroatoms. The van der Waals surface area contributed by atoms with Crippen molar-refractivity contribution in [2.45, 2.75) is 26.4 Å². The first-order valence-corrected chi connectivity index (χ1v) is 3.76. The molecule has 0 radical (unpaired) electrons. The molecule has 0 heterocycles. The van der Waals surface area contributed by atoms with E-state index in [1.807, 2.05) is 19.1 Å². The highest BCUT2D eigenvalue weighted by Gasteiger charge is 1.87. The van der Waals surface area contributed by atoms with Crippen molar-refractivity contribution >= 4 is 0 Å². The summed E-state index contributed by atoms with van der Waals surface area (Å²) in [6.45, 7) is 7.04. The lowest BCUT2D eigenvalue weighted by Gasteiger charge is -1.91. The van der Waals surface area contributed by atoms with Crippen molar-refractivity contribution in [2.24, 2.45) is 0 Å². The maximum Gasteiger partial charge on any atom is 0.116 e. The molecule has 0 saturated carbocycles. The molecule has 62 valence electrons. The number of hydrogen-bond acceptors (Lipinski definition) is 0. The first-order valence-electron chi connectivity index (χ1n) is 3.76. The van der Waals surface area contributed by atoms with Crippen LogP contribution >= 0.6 is 0 Å². The van der Waals surface area contributed by atoms with Crippen LogP contribution in [0.2, 0.25) is 0 Å². The van der Waals surface area contributed by atoms with Crippen LogP contribution in [0.4, 0.5) is 4.39 Å². The van der Waals surface area contributed by atoms with Crippen LogP contribution in [-0.2, 0) is 0 Å². The molecular formula is C10H15F. The van der Waals surface area contributed by atoms with Crippen LogP contribution in [0.1, 0.15) is 20.3 Å². The maximum atomic E-state index is 12.2. The lowest BCUT2D eigenvalue weighted by molar-refractivity contribution is 0.430. The normalized spacial score (nSPS) is 15.4. The highest BCUT2D eigenvalue weighted by molar-refractivity contribution is 5.17. The third kappa shape index (κ3) is 7.04. The van der Waals surface area contributed by atoms with Gasteiger partial charge in [-0.1, -0.05) is 29.9 Å². The Morgan fingerprint density at radius 3 is 2.73 bits per heavy atom. The summed E-state index contributed by atoms with van der Waals surface area (Å²) in [5.74, 6) is 0. The van der Waals surface area contributed by atoms with Gasteiger partial charge in [0.15, 0.2) is 0 Å². The molecule has 0 aliphatic rings. The fourth-order valence-electron chi connectivity index (χ4n) is 0.622. The molecule has 0 aliphatic heterocycles. The van der Waals surface area contributed by atoms with Gasteiger partial charge in [-0.3, -0.25) is 0 Å². The predicted molar refractivity (Wildman–Crippen MR) is 48.3 cm³/mol. The highest BCUT2D eigenvalue weighted by Crippen LogP contribution is 2.00. The Hall–Kier alpha value is -0.850. The van der Waals surface area contributed by atoms with Crippen LogP contribution in [0, 0.1) is 0 Å². The molecule has 0 spiro atoms. The van der Waals surface area contributed by atoms with Gasteiger partial charge in [-0.25, -0.2) is 4.39 Å². The number of halogens is 1. The molecule has 0 rings (SSSR count). The minimum atomic E-state index is -0.859. The number of hydrogen-bond donors (Lipinski definition) is 0. The first-order chi connectivity index (χ1) is 5.16. The van der Waals surface area contributed by atoms with E-state index in [9.17, 15) is 4.39 Å². The van der Waals surface area contributed by atoms with Crippen molar-refractivity contribution < 1.29 is 4.39 Å². The lowest BCUT2D eigenvalue weighted by Crippen LogP contribution is -1.82. The fourth-order valence-corrected chi connectivity index (χ4v) is 0.622. The van der Waals surface area contributed by atoms with E-state index < -0.39 is 6.17 Å². The lowest BCUT2D eigenvalue weighted by atomic mass is 10.2. The quantitative estimate of drug-likeness (QED) is 0.430. The van der Waals surface area contributed by atoms with Crippen LogP contribution in [0.15, 0.2) is 36.5 Å². The van der Waals surface area contributed by atoms with Crippen molar-refractivity contribution in [1.29, 1.82) is 0 Å². The van der Waals surface area contributed by atoms with E-state index in [1.165, 1.54) is 13.0 Å². The van der Waals surface area contributed by atoms with Crippen LogP contribution < -0.4 is 0 Å². The zero-order valence-corrected chi connectivity index (χ0v) is 7.18. The second-order valence-corrected chi connectivity index (χ2v) is 2.51. The minimum Gasteiger partial charge on any atom is -0.243 e. The fraction of sp³-hybridized carbons (Fsp3) is 0.400. The molecule has 0 nitrogen and oxygen atoms in total. The van der Waals surface area contributed by atoms with Crippen LogP contribution in [0.25, 0.3) is 0 Å². The molecule has 0 aliphatic carbocycles. The van der Waals surface area contributed by atoms with Crippen molar-refractivity contribution in [3.8, 4) is 0 Å². The summed E-state index contributed by atoms with van der Waals surface area (Å²) in [6.07, 6.45) is 7.13. The van der Waals surface area contributed by atoms with E-state index in [2.05, 4.69) is 6.58 Å². The standard InChI is InChI=1S/C10H15F/c1-4-5-6-9(2)7-8-10(3)11/h4,6-8,10H,1,5H2,2-3H3/b8-7-,9-6-. The average molecular weight is 154 g/mol. The van der Waals surface area contributed by atoms with E-state index in [4.69, 9.17) is 0 Å². The Balaban J connectivity index is 3.84. The Morgan fingerprint density at radius 2 is 2.27 bits per heavy atom. The van der Waals surface area contributed by atoms with E-state index in [0.29, 0.717) is 0 Å². The second-order valence-electron chi connectivity index (χ2n) is 2.51. The van der Waals surface area contributed by atoms with Gasteiger partial charge in [0.2, 0.25) is 0 Å². The molecule has 0 fully saturated rings. The smallest absolute Gasteiger partial charge is 0.116 e. The largest absolute Gasteiger partial charge is 0.243 e. The highest BCUT2D eigenvalue weighted by atomic mass is 19.1. The third-order valence-corrected chi connectivity index (χ3v) is 1.23. The predicted octanol–water partition coefficient (Wildman–Crippen LogP) is 3.42. The van der Waals surface area contributed by atoms with E-state index in [0.717, 1.165) is 12.0 Å². The van der Waals surface area contributed by atoms with Gasteiger partial charge in [-0.05, 0) is 20.3 Å². The van der Waals surface area contributed by atoms with Crippen molar-refractivity contribution in [2.75, 3.05) is 0 Å². The SMILES string of the molecule is C=CC/C=C(C)\C=C/C(C)F. The van der Waals surface area contributed by atoms with Crippen molar-refractivity contribution in [3.05, 3.63) is 36.5 Å². The molecule has 0 bridgehead atoms. The molecule has 11 heavy (non-hydrogen) atoms. The van der Waals surface area contributed by atoms with Gasteiger partial charge in [-0.15, -0.1) is 6.58 Å². The zero-order valence-electron chi connectivity index (χ0n) is 7.18. The summed E-state index contributed by atoms with van der Waals surface area (Å²) >= 11 is 0. The van der Waals surface area contributed by atoms with Crippen LogP contribution in [0.3, 0.4) is 0 Å². The summed E-state index contributed by atoms with van der Waals surface area (Å²) < 4.78 is 12.2. The number of alkyl halides is 1. The Labute approximate surface area is 68.1 Å². The number of rotatable bonds is 4. The van der Waals surface area contributed by atoms with Gasteiger partial charge in [0.1, 0.15) is 6.17 Å². The summed E-state index contributed by atoms with van der Waals surface area (Å²) in [6, 6.07) is 0. The zero-order chi connectivity index (χ0) is 8.69. The van der Waals surface area contributed by atoms with Gasteiger partial charge in [0, 0.05) is 0 Å². The summed E-state index contributed by atoms with van der Waals surface area (Å²) in [5, 5.41) is 0. The summed E-state index contributed by atoms with van der Waals surface area (Å²) in [4.78, 5) is 0. The second kappa shape index (κ2) is 5.90. The summed E-state index contributed by atoms with van der Waals surface area (Å²) in [5.41, 5.74) is 1.08. The number of allylic oxidation sites excluding steroid dienone is 5. The molecule has 1 unspecified atom stereocenters. The van der Waals surface area contributed by atoms with Gasteiger partial charge in [0.05, 0.1) is 0 Å².